The highest BCUT2D eigenvalue weighted by Crippen LogP contribution is 2.43. The van der Waals surface area contributed by atoms with E-state index in [9.17, 15) is 9.90 Å². The van der Waals surface area contributed by atoms with E-state index >= 15 is 0 Å². The molecule has 1 aliphatic heterocycles. The van der Waals surface area contributed by atoms with Crippen LogP contribution in [0.15, 0.2) is 0 Å². The van der Waals surface area contributed by atoms with Crippen molar-refractivity contribution in [3.63, 3.8) is 0 Å². The Balaban J connectivity index is 2.20. The van der Waals surface area contributed by atoms with Crippen molar-refractivity contribution in [2.45, 2.75) is 64.0 Å². The Morgan fingerprint density at radius 1 is 1.50 bits per heavy atom. The van der Waals surface area contributed by atoms with Crippen LogP contribution in [0.25, 0.3) is 0 Å². The Labute approximate surface area is 97.8 Å². The molecule has 1 aliphatic carbocycles. The Kier molecular flexibility index (Phi) is 3.24. The number of carboxylic acids is 1. The van der Waals surface area contributed by atoms with Crippen molar-refractivity contribution in [1.29, 1.82) is 0 Å². The van der Waals surface area contributed by atoms with Crippen LogP contribution in [0.1, 0.15) is 52.4 Å². The molecule has 1 saturated heterocycles. The number of hydrogen-bond acceptors (Lipinski definition) is 2. The van der Waals surface area contributed by atoms with E-state index in [0.29, 0.717) is 6.04 Å². The number of likely N-dealkylation sites (tertiary alicyclic amines) is 1. The summed E-state index contributed by atoms with van der Waals surface area (Å²) in [4.78, 5) is 13.9. The summed E-state index contributed by atoms with van der Waals surface area (Å²) in [5.41, 5.74) is -0.552. The van der Waals surface area contributed by atoms with Crippen molar-refractivity contribution in [2.75, 3.05) is 6.54 Å². The highest BCUT2D eigenvalue weighted by Gasteiger charge is 2.51. The van der Waals surface area contributed by atoms with Gasteiger partial charge in [0.25, 0.3) is 0 Å². The third kappa shape index (κ3) is 1.75. The van der Waals surface area contributed by atoms with E-state index in [1.54, 1.807) is 0 Å². The second-order valence-electron chi connectivity index (χ2n) is 5.30. The highest BCUT2D eigenvalue weighted by molar-refractivity contribution is 5.79. The normalized spacial score (nSPS) is 32.9. The maximum atomic E-state index is 11.6. The molecule has 1 saturated carbocycles. The SMILES string of the molecule is CCC(C1CC1)N1CCCC1(CC)C(=O)O. The zero-order chi connectivity index (χ0) is 11.8. The van der Waals surface area contributed by atoms with Crippen LogP contribution in [0, 0.1) is 5.92 Å². The molecule has 0 spiro atoms. The first kappa shape index (κ1) is 11.9. The first-order valence-corrected chi connectivity index (χ1v) is 6.66. The summed E-state index contributed by atoms with van der Waals surface area (Å²) >= 11 is 0. The van der Waals surface area contributed by atoms with Gasteiger partial charge in [0.05, 0.1) is 0 Å². The summed E-state index contributed by atoms with van der Waals surface area (Å²) in [7, 11) is 0. The maximum Gasteiger partial charge on any atom is 0.324 e. The summed E-state index contributed by atoms with van der Waals surface area (Å²) in [6.07, 6.45) is 6.32. The maximum absolute atomic E-state index is 11.6. The summed E-state index contributed by atoms with van der Waals surface area (Å²) < 4.78 is 0. The molecular formula is C13H23NO2. The van der Waals surface area contributed by atoms with Gasteiger partial charge >= 0.3 is 5.97 Å². The molecule has 0 aromatic rings. The largest absolute Gasteiger partial charge is 0.480 e. The lowest BCUT2D eigenvalue weighted by Crippen LogP contribution is -2.54. The highest BCUT2D eigenvalue weighted by atomic mass is 16.4. The van der Waals surface area contributed by atoms with Crippen LogP contribution in [-0.2, 0) is 4.79 Å². The van der Waals surface area contributed by atoms with Gasteiger partial charge in [-0.05, 0) is 51.0 Å². The number of hydrogen-bond donors (Lipinski definition) is 1. The van der Waals surface area contributed by atoms with Gasteiger partial charge in [-0.15, -0.1) is 0 Å². The Bertz CT molecular complexity index is 275. The Morgan fingerprint density at radius 2 is 2.19 bits per heavy atom. The molecule has 3 heteroatoms. The third-order valence-corrected chi connectivity index (χ3v) is 4.51. The van der Waals surface area contributed by atoms with Gasteiger partial charge in [-0.1, -0.05) is 13.8 Å². The smallest absolute Gasteiger partial charge is 0.324 e. The first-order chi connectivity index (χ1) is 7.65. The van der Waals surface area contributed by atoms with Gasteiger partial charge < -0.3 is 5.11 Å². The number of aliphatic carboxylic acids is 1. The van der Waals surface area contributed by atoms with Crippen molar-refractivity contribution >= 4 is 5.97 Å². The Morgan fingerprint density at radius 3 is 2.62 bits per heavy atom. The average molecular weight is 225 g/mol. The zero-order valence-corrected chi connectivity index (χ0v) is 10.4. The fourth-order valence-corrected chi connectivity index (χ4v) is 3.43. The second-order valence-corrected chi connectivity index (χ2v) is 5.30. The van der Waals surface area contributed by atoms with Crippen LogP contribution in [0.3, 0.4) is 0 Å². The van der Waals surface area contributed by atoms with Crippen molar-refractivity contribution in [1.82, 2.24) is 4.90 Å². The fourth-order valence-electron chi connectivity index (χ4n) is 3.43. The van der Waals surface area contributed by atoms with Gasteiger partial charge in [-0.3, -0.25) is 9.69 Å². The average Bonchev–Trinajstić information content (AvgIpc) is 2.99. The number of nitrogens with zero attached hydrogens (tertiary/aromatic N) is 1. The van der Waals surface area contributed by atoms with E-state index < -0.39 is 11.5 Å². The molecule has 2 atom stereocenters. The lowest BCUT2D eigenvalue weighted by Gasteiger charge is -2.39. The quantitative estimate of drug-likeness (QED) is 0.781. The molecule has 0 aromatic heterocycles. The van der Waals surface area contributed by atoms with Crippen molar-refractivity contribution in [2.24, 2.45) is 5.92 Å². The van der Waals surface area contributed by atoms with E-state index in [1.807, 2.05) is 6.92 Å². The molecule has 0 aromatic carbocycles. The van der Waals surface area contributed by atoms with Gasteiger partial charge in [-0.2, -0.15) is 0 Å². The third-order valence-electron chi connectivity index (χ3n) is 4.51. The molecular weight excluding hydrogens is 202 g/mol. The predicted octanol–water partition coefficient (Wildman–Crippen LogP) is 2.50. The first-order valence-electron chi connectivity index (χ1n) is 6.66. The van der Waals surface area contributed by atoms with E-state index in [4.69, 9.17) is 0 Å². The zero-order valence-electron chi connectivity index (χ0n) is 10.4. The molecule has 0 radical (unpaired) electrons. The van der Waals surface area contributed by atoms with Crippen LogP contribution in [0.5, 0.6) is 0 Å². The van der Waals surface area contributed by atoms with Crippen LogP contribution < -0.4 is 0 Å². The van der Waals surface area contributed by atoms with Gasteiger partial charge in [0.2, 0.25) is 0 Å². The topological polar surface area (TPSA) is 40.5 Å². The lowest BCUT2D eigenvalue weighted by molar-refractivity contribution is -0.151. The molecule has 2 unspecified atom stereocenters. The fraction of sp³-hybridized carbons (Fsp3) is 0.923. The van der Waals surface area contributed by atoms with Crippen LogP contribution in [0.4, 0.5) is 0 Å². The molecule has 16 heavy (non-hydrogen) atoms. The monoisotopic (exact) mass is 225 g/mol. The van der Waals surface area contributed by atoms with Crippen LogP contribution >= 0.6 is 0 Å². The van der Waals surface area contributed by atoms with Crippen LogP contribution in [0.2, 0.25) is 0 Å². The minimum atomic E-state index is -0.605. The molecule has 2 aliphatic rings. The van der Waals surface area contributed by atoms with Crippen LogP contribution in [-0.4, -0.2) is 34.1 Å². The molecule has 2 rings (SSSR count). The van der Waals surface area contributed by atoms with E-state index in [0.717, 1.165) is 38.1 Å². The van der Waals surface area contributed by atoms with Gasteiger partial charge in [-0.25, -0.2) is 0 Å². The van der Waals surface area contributed by atoms with E-state index in [2.05, 4.69) is 11.8 Å². The molecule has 92 valence electrons. The van der Waals surface area contributed by atoms with Gasteiger partial charge in [0.1, 0.15) is 5.54 Å². The minimum absolute atomic E-state index is 0.513. The molecule has 0 amide bonds. The number of carboxylic acid groups (broad SMARTS) is 1. The molecule has 1 heterocycles. The van der Waals surface area contributed by atoms with Crippen molar-refractivity contribution in [3.8, 4) is 0 Å². The standard InChI is InChI=1S/C13H23NO2/c1-3-11(10-6-7-10)14-9-5-8-13(14,4-2)12(15)16/h10-11H,3-9H2,1-2H3,(H,15,16). The van der Waals surface area contributed by atoms with Crippen molar-refractivity contribution in [3.05, 3.63) is 0 Å². The van der Waals surface area contributed by atoms with E-state index in [-0.39, 0.29) is 0 Å². The second kappa shape index (κ2) is 4.36. The van der Waals surface area contributed by atoms with E-state index in [1.165, 1.54) is 12.8 Å². The molecule has 3 nitrogen and oxygen atoms in total. The minimum Gasteiger partial charge on any atom is -0.480 e. The van der Waals surface area contributed by atoms with Gasteiger partial charge in [0, 0.05) is 6.04 Å². The molecule has 1 N–H and O–H groups in total. The summed E-state index contributed by atoms with van der Waals surface area (Å²) in [6, 6.07) is 0.513. The predicted molar refractivity (Wildman–Crippen MR) is 63.4 cm³/mol. The Hall–Kier alpha value is -0.570. The number of carbonyl (C=O) groups is 1. The summed E-state index contributed by atoms with van der Waals surface area (Å²) in [5.74, 6) is 0.167. The summed E-state index contributed by atoms with van der Waals surface area (Å²) in [6.45, 7) is 5.20. The molecule has 2 fully saturated rings. The lowest BCUT2D eigenvalue weighted by atomic mass is 9.90. The molecule has 0 bridgehead atoms. The number of rotatable bonds is 5. The van der Waals surface area contributed by atoms with Gasteiger partial charge in [0.15, 0.2) is 0 Å². The summed E-state index contributed by atoms with van der Waals surface area (Å²) in [5, 5.41) is 9.54. The van der Waals surface area contributed by atoms with Crippen molar-refractivity contribution < 1.29 is 9.90 Å².